The Balaban J connectivity index is 2.08. The minimum atomic E-state index is 0.317. The smallest absolute Gasteiger partial charge is 0.119 e. The molecule has 0 aromatic heterocycles. The Morgan fingerprint density at radius 3 is 2.28 bits per heavy atom. The van der Waals surface area contributed by atoms with Crippen molar-refractivity contribution in [3.05, 3.63) is 29.3 Å². The van der Waals surface area contributed by atoms with Gasteiger partial charge in [-0.3, -0.25) is 0 Å². The molecule has 1 aromatic carbocycles. The van der Waals surface area contributed by atoms with Gasteiger partial charge in [-0.25, -0.2) is 0 Å². The molecule has 0 N–H and O–H groups in total. The van der Waals surface area contributed by atoms with Gasteiger partial charge >= 0.3 is 0 Å². The summed E-state index contributed by atoms with van der Waals surface area (Å²) in [6.45, 7) is 6.96. The molecule has 1 aliphatic rings. The minimum Gasteiger partial charge on any atom is -0.490 e. The maximum Gasteiger partial charge on any atom is 0.119 e. The number of benzene rings is 1. The van der Waals surface area contributed by atoms with E-state index in [0.29, 0.717) is 17.4 Å². The van der Waals surface area contributed by atoms with E-state index in [4.69, 9.17) is 16.3 Å². The average Bonchev–Trinajstić information content (AvgIpc) is 2.31. The SMILES string of the molecule is CC(C)(C)[C@H]1CCCCC1Oc1ccc(Cl)cc1. The van der Waals surface area contributed by atoms with Crippen LogP contribution in [0.25, 0.3) is 0 Å². The highest BCUT2D eigenvalue weighted by Gasteiger charge is 2.35. The predicted molar refractivity (Wildman–Crippen MR) is 77.3 cm³/mol. The van der Waals surface area contributed by atoms with Gasteiger partial charge in [0.25, 0.3) is 0 Å². The van der Waals surface area contributed by atoms with Crippen LogP contribution in [0, 0.1) is 11.3 Å². The van der Waals surface area contributed by atoms with Crippen LogP contribution in [-0.4, -0.2) is 6.10 Å². The molecular formula is C16H23ClO. The Bertz CT molecular complexity index is 377. The first-order valence-corrected chi connectivity index (χ1v) is 7.27. The van der Waals surface area contributed by atoms with Gasteiger partial charge in [0.15, 0.2) is 0 Å². The van der Waals surface area contributed by atoms with Gasteiger partial charge in [-0.1, -0.05) is 38.8 Å². The molecule has 1 fully saturated rings. The summed E-state index contributed by atoms with van der Waals surface area (Å²) in [5.41, 5.74) is 0.317. The summed E-state index contributed by atoms with van der Waals surface area (Å²) < 4.78 is 6.19. The summed E-state index contributed by atoms with van der Waals surface area (Å²) in [6.07, 6.45) is 5.42. The Hall–Kier alpha value is -0.690. The second-order valence-electron chi connectivity index (χ2n) is 6.37. The lowest BCUT2D eigenvalue weighted by Crippen LogP contribution is -2.38. The minimum absolute atomic E-state index is 0.317. The quantitative estimate of drug-likeness (QED) is 0.704. The van der Waals surface area contributed by atoms with Gasteiger partial charge < -0.3 is 4.74 Å². The fourth-order valence-electron chi connectivity index (χ4n) is 2.92. The zero-order valence-corrected chi connectivity index (χ0v) is 12.3. The van der Waals surface area contributed by atoms with Crippen LogP contribution < -0.4 is 4.74 Å². The van der Waals surface area contributed by atoms with Gasteiger partial charge in [-0.05, 0) is 48.9 Å². The van der Waals surface area contributed by atoms with Gasteiger partial charge in [0.05, 0.1) is 0 Å². The summed E-state index contributed by atoms with van der Waals surface area (Å²) >= 11 is 5.90. The van der Waals surface area contributed by atoms with Crippen molar-refractivity contribution in [2.45, 2.75) is 52.6 Å². The van der Waals surface area contributed by atoms with Crippen LogP contribution in [0.1, 0.15) is 46.5 Å². The molecule has 2 atom stereocenters. The fraction of sp³-hybridized carbons (Fsp3) is 0.625. The van der Waals surface area contributed by atoms with Crippen molar-refractivity contribution in [2.75, 3.05) is 0 Å². The van der Waals surface area contributed by atoms with Crippen LogP contribution >= 0.6 is 11.6 Å². The first-order chi connectivity index (χ1) is 8.47. The van der Waals surface area contributed by atoms with Crippen molar-refractivity contribution in [2.24, 2.45) is 11.3 Å². The summed E-state index contributed by atoms with van der Waals surface area (Å²) in [5, 5.41) is 0.762. The molecule has 0 spiro atoms. The van der Waals surface area contributed by atoms with E-state index >= 15 is 0 Å². The van der Waals surface area contributed by atoms with E-state index < -0.39 is 0 Å². The molecule has 1 aromatic rings. The molecule has 100 valence electrons. The standard InChI is InChI=1S/C16H23ClO/c1-16(2,3)14-6-4-5-7-15(14)18-13-10-8-12(17)9-11-13/h8-11,14-15H,4-7H2,1-3H3/t14-,15?/m0/s1. The molecule has 0 amide bonds. The number of ether oxygens (including phenoxy) is 1. The summed E-state index contributed by atoms with van der Waals surface area (Å²) in [5.74, 6) is 1.59. The lowest BCUT2D eigenvalue weighted by Gasteiger charge is -2.40. The van der Waals surface area contributed by atoms with Gasteiger partial charge in [-0.2, -0.15) is 0 Å². The number of hydrogen-bond acceptors (Lipinski definition) is 1. The highest BCUT2D eigenvalue weighted by atomic mass is 35.5. The highest BCUT2D eigenvalue weighted by molar-refractivity contribution is 6.30. The van der Waals surface area contributed by atoms with Gasteiger partial charge in [-0.15, -0.1) is 0 Å². The largest absolute Gasteiger partial charge is 0.490 e. The highest BCUT2D eigenvalue weighted by Crippen LogP contribution is 2.39. The molecule has 2 heteroatoms. The maximum atomic E-state index is 6.19. The third kappa shape index (κ3) is 3.41. The summed E-state index contributed by atoms with van der Waals surface area (Å²) in [6, 6.07) is 7.73. The van der Waals surface area contributed by atoms with Crippen LogP contribution in [0.15, 0.2) is 24.3 Å². The van der Waals surface area contributed by atoms with E-state index in [-0.39, 0.29) is 0 Å². The fourth-order valence-corrected chi connectivity index (χ4v) is 3.04. The van der Waals surface area contributed by atoms with Crippen LogP contribution in [0.3, 0.4) is 0 Å². The Kier molecular flexibility index (Phi) is 4.21. The van der Waals surface area contributed by atoms with Crippen molar-refractivity contribution >= 4 is 11.6 Å². The number of halogens is 1. The molecule has 0 radical (unpaired) electrons. The average molecular weight is 267 g/mol. The monoisotopic (exact) mass is 266 g/mol. The van der Waals surface area contributed by atoms with E-state index in [0.717, 1.165) is 10.8 Å². The molecule has 0 bridgehead atoms. The second kappa shape index (κ2) is 5.52. The first-order valence-electron chi connectivity index (χ1n) is 6.89. The molecule has 1 aliphatic carbocycles. The normalized spacial score (nSPS) is 24.9. The number of rotatable bonds is 2. The van der Waals surface area contributed by atoms with E-state index in [2.05, 4.69) is 20.8 Å². The molecule has 1 saturated carbocycles. The molecule has 1 unspecified atom stereocenters. The summed E-state index contributed by atoms with van der Waals surface area (Å²) in [7, 11) is 0. The maximum absolute atomic E-state index is 6.19. The topological polar surface area (TPSA) is 9.23 Å². The number of hydrogen-bond donors (Lipinski definition) is 0. The van der Waals surface area contributed by atoms with E-state index in [1.165, 1.54) is 25.7 Å². The lowest BCUT2D eigenvalue weighted by molar-refractivity contribution is 0.0281. The summed E-state index contributed by atoms with van der Waals surface area (Å²) in [4.78, 5) is 0. The van der Waals surface area contributed by atoms with Crippen LogP contribution in [0.4, 0.5) is 0 Å². The molecule has 2 rings (SSSR count). The zero-order valence-electron chi connectivity index (χ0n) is 11.6. The third-order valence-corrected chi connectivity index (χ3v) is 4.17. The molecule has 0 saturated heterocycles. The molecule has 1 nitrogen and oxygen atoms in total. The van der Waals surface area contributed by atoms with E-state index in [9.17, 15) is 0 Å². The van der Waals surface area contributed by atoms with Crippen LogP contribution in [-0.2, 0) is 0 Å². The van der Waals surface area contributed by atoms with Crippen molar-refractivity contribution < 1.29 is 4.74 Å². The van der Waals surface area contributed by atoms with Crippen molar-refractivity contribution in [3.63, 3.8) is 0 Å². The Labute approximate surface area is 115 Å². The van der Waals surface area contributed by atoms with Crippen LogP contribution in [0.5, 0.6) is 5.75 Å². The van der Waals surface area contributed by atoms with Crippen molar-refractivity contribution in [3.8, 4) is 5.75 Å². The van der Waals surface area contributed by atoms with Gasteiger partial charge in [0.2, 0.25) is 0 Å². The molecular weight excluding hydrogens is 244 g/mol. The predicted octanol–water partition coefficient (Wildman–Crippen LogP) is 5.32. The first kappa shape index (κ1) is 13.7. The van der Waals surface area contributed by atoms with Crippen molar-refractivity contribution in [1.29, 1.82) is 0 Å². The molecule has 0 aliphatic heterocycles. The Morgan fingerprint density at radius 1 is 1.06 bits per heavy atom. The second-order valence-corrected chi connectivity index (χ2v) is 6.80. The third-order valence-electron chi connectivity index (χ3n) is 3.92. The Morgan fingerprint density at radius 2 is 1.67 bits per heavy atom. The van der Waals surface area contributed by atoms with E-state index in [1.54, 1.807) is 0 Å². The van der Waals surface area contributed by atoms with Gasteiger partial charge in [0.1, 0.15) is 11.9 Å². The zero-order chi connectivity index (χ0) is 13.2. The van der Waals surface area contributed by atoms with Gasteiger partial charge in [0, 0.05) is 10.9 Å². The molecule has 18 heavy (non-hydrogen) atoms. The van der Waals surface area contributed by atoms with Crippen molar-refractivity contribution in [1.82, 2.24) is 0 Å². The van der Waals surface area contributed by atoms with Crippen LogP contribution in [0.2, 0.25) is 5.02 Å². The molecule has 0 heterocycles. The lowest BCUT2D eigenvalue weighted by atomic mass is 9.70. The van der Waals surface area contributed by atoms with E-state index in [1.807, 2.05) is 24.3 Å².